The second kappa shape index (κ2) is 6.51. The Labute approximate surface area is 164 Å². The first kappa shape index (κ1) is 16.5. The van der Waals surface area contributed by atoms with Crippen molar-refractivity contribution < 1.29 is 0 Å². The summed E-state index contributed by atoms with van der Waals surface area (Å²) in [5.74, 6) is 0.641. The number of nitrogens with one attached hydrogen (secondary N) is 2. The summed E-state index contributed by atoms with van der Waals surface area (Å²) in [6.07, 6.45) is 1.62. The first-order valence-electron chi connectivity index (χ1n) is 8.67. The zero-order valence-corrected chi connectivity index (χ0v) is 15.3. The maximum Gasteiger partial charge on any atom is 0.204 e. The lowest BCUT2D eigenvalue weighted by Gasteiger charge is -2.19. The van der Waals surface area contributed by atoms with Gasteiger partial charge in [0.1, 0.15) is 5.82 Å². The molecule has 0 radical (unpaired) electrons. The minimum absolute atomic E-state index is 0.137. The van der Waals surface area contributed by atoms with E-state index >= 15 is 0 Å². The SMILES string of the molecule is O=c1cc2n(-c3ccc(Cl)cc3)c3ccccc3nc-2cc1Nc1ccn[nH]1. The Bertz CT molecular complexity index is 1310. The van der Waals surface area contributed by atoms with E-state index in [2.05, 4.69) is 15.5 Å². The molecule has 0 atom stereocenters. The molecule has 7 heteroatoms. The van der Waals surface area contributed by atoms with E-state index in [1.165, 1.54) is 0 Å². The normalized spacial score (nSPS) is 11.2. The third kappa shape index (κ3) is 2.80. The van der Waals surface area contributed by atoms with Crippen molar-refractivity contribution in [2.45, 2.75) is 0 Å². The molecule has 2 aromatic carbocycles. The molecule has 2 heterocycles. The molecule has 6 nitrogen and oxygen atoms in total. The van der Waals surface area contributed by atoms with Crippen LogP contribution < -0.4 is 10.7 Å². The van der Waals surface area contributed by atoms with Crippen LogP contribution >= 0.6 is 11.6 Å². The molecule has 1 aromatic heterocycles. The van der Waals surface area contributed by atoms with Crippen LogP contribution in [0.25, 0.3) is 28.1 Å². The maximum absolute atomic E-state index is 12.8. The molecule has 0 spiro atoms. The highest BCUT2D eigenvalue weighted by Crippen LogP contribution is 2.30. The van der Waals surface area contributed by atoms with Gasteiger partial charge in [-0.1, -0.05) is 23.7 Å². The van der Waals surface area contributed by atoms with Crippen molar-refractivity contribution in [3.63, 3.8) is 0 Å². The van der Waals surface area contributed by atoms with Crippen molar-refractivity contribution in [1.29, 1.82) is 0 Å². The van der Waals surface area contributed by atoms with Gasteiger partial charge >= 0.3 is 0 Å². The van der Waals surface area contributed by atoms with Gasteiger partial charge in [-0.2, -0.15) is 5.10 Å². The van der Waals surface area contributed by atoms with E-state index in [1.54, 1.807) is 24.4 Å². The van der Waals surface area contributed by atoms with Gasteiger partial charge < -0.3 is 9.88 Å². The number of H-pyrrole nitrogens is 1. The molecule has 0 saturated carbocycles. The number of para-hydroxylation sites is 2. The molecule has 0 unspecified atom stereocenters. The highest BCUT2D eigenvalue weighted by atomic mass is 35.5. The largest absolute Gasteiger partial charge is 0.337 e. The van der Waals surface area contributed by atoms with Crippen molar-refractivity contribution in [2.75, 3.05) is 5.32 Å². The van der Waals surface area contributed by atoms with Gasteiger partial charge in [-0.3, -0.25) is 9.89 Å². The molecule has 2 N–H and O–H groups in total. The van der Waals surface area contributed by atoms with Crippen molar-refractivity contribution in [1.82, 2.24) is 19.7 Å². The number of hydrogen-bond donors (Lipinski definition) is 2. The monoisotopic (exact) mass is 387 g/mol. The minimum atomic E-state index is -0.137. The lowest BCUT2D eigenvalue weighted by molar-refractivity contribution is 1.07. The number of nitrogens with zero attached hydrogens (tertiary/aromatic N) is 3. The predicted octanol–water partition coefficient (Wildman–Crippen LogP) is 4.61. The van der Waals surface area contributed by atoms with E-state index in [9.17, 15) is 4.79 Å². The summed E-state index contributed by atoms with van der Waals surface area (Å²) < 4.78 is 2.02. The number of aromatic amines is 1. The van der Waals surface area contributed by atoms with Crippen LogP contribution in [0.3, 0.4) is 0 Å². The van der Waals surface area contributed by atoms with Crippen LogP contribution in [0.2, 0.25) is 5.02 Å². The lowest BCUT2D eigenvalue weighted by atomic mass is 10.1. The minimum Gasteiger partial charge on any atom is -0.337 e. The number of fused-ring (bicyclic) bond motifs is 2. The molecule has 3 aromatic rings. The summed E-state index contributed by atoms with van der Waals surface area (Å²) >= 11 is 6.06. The molecule has 0 fully saturated rings. The van der Waals surface area contributed by atoms with Gasteiger partial charge in [0.25, 0.3) is 0 Å². The summed E-state index contributed by atoms with van der Waals surface area (Å²) in [4.78, 5) is 17.5. The van der Waals surface area contributed by atoms with Crippen molar-refractivity contribution in [2.24, 2.45) is 0 Å². The van der Waals surface area contributed by atoms with E-state index in [4.69, 9.17) is 16.6 Å². The van der Waals surface area contributed by atoms with Gasteiger partial charge in [-0.15, -0.1) is 0 Å². The van der Waals surface area contributed by atoms with Crippen LogP contribution in [-0.4, -0.2) is 19.7 Å². The van der Waals surface area contributed by atoms with Crippen molar-refractivity contribution >= 4 is 34.1 Å². The molecule has 136 valence electrons. The van der Waals surface area contributed by atoms with Crippen LogP contribution in [-0.2, 0) is 0 Å². The second-order valence-electron chi connectivity index (χ2n) is 6.34. The number of hydrogen-bond acceptors (Lipinski definition) is 4. The first-order valence-corrected chi connectivity index (χ1v) is 9.05. The fourth-order valence-corrected chi connectivity index (χ4v) is 3.40. The number of halogens is 1. The topological polar surface area (TPSA) is 75.6 Å². The molecular formula is C21H14ClN5O. The third-order valence-corrected chi connectivity index (χ3v) is 4.79. The van der Waals surface area contributed by atoms with Crippen LogP contribution in [0.15, 0.2) is 77.7 Å². The quantitative estimate of drug-likeness (QED) is 0.443. The van der Waals surface area contributed by atoms with E-state index in [-0.39, 0.29) is 5.43 Å². The summed E-state index contributed by atoms with van der Waals surface area (Å²) in [6, 6.07) is 20.5. The van der Waals surface area contributed by atoms with E-state index in [0.717, 1.165) is 22.4 Å². The first-order chi connectivity index (χ1) is 13.7. The van der Waals surface area contributed by atoms with Gasteiger partial charge in [-0.05, 0) is 42.5 Å². The molecule has 1 aliphatic heterocycles. The Morgan fingerprint density at radius 2 is 1.82 bits per heavy atom. The highest BCUT2D eigenvalue weighted by Gasteiger charge is 2.17. The summed E-state index contributed by atoms with van der Waals surface area (Å²) in [5, 5.41) is 10.4. The number of benzene rings is 3. The van der Waals surface area contributed by atoms with Crippen LogP contribution in [0.1, 0.15) is 0 Å². The number of anilines is 2. The third-order valence-electron chi connectivity index (χ3n) is 4.54. The molecule has 1 aliphatic carbocycles. The summed E-state index contributed by atoms with van der Waals surface area (Å²) in [7, 11) is 0. The predicted molar refractivity (Wildman–Crippen MR) is 111 cm³/mol. The van der Waals surface area contributed by atoms with Crippen LogP contribution in [0.4, 0.5) is 11.5 Å². The number of aromatic nitrogens is 4. The average Bonchev–Trinajstić information content (AvgIpc) is 3.21. The highest BCUT2D eigenvalue weighted by molar-refractivity contribution is 6.30. The van der Waals surface area contributed by atoms with Gasteiger partial charge in [0.2, 0.25) is 5.43 Å². The fraction of sp³-hybridized carbons (Fsp3) is 0. The molecule has 28 heavy (non-hydrogen) atoms. The maximum atomic E-state index is 12.8. The fourth-order valence-electron chi connectivity index (χ4n) is 3.27. The zero-order chi connectivity index (χ0) is 19.1. The van der Waals surface area contributed by atoms with Crippen molar-refractivity contribution in [3.05, 3.63) is 88.2 Å². The zero-order valence-electron chi connectivity index (χ0n) is 14.6. The molecule has 5 rings (SSSR count). The Morgan fingerprint density at radius 3 is 2.61 bits per heavy atom. The van der Waals surface area contributed by atoms with Gasteiger partial charge in [0, 0.05) is 22.8 Å². The van der Waals surface area contributed by atoms with E-state index in [0.29, 0.717) is 22.2 Å². The molecular weight excluding hydrogens is 374 g/mol. The standard InChI is InChI=1S/C21H14ClN5O/c22-13-5-7-14(8-6-13)27-18-4-2-1-3-15(18)24-16-11-17(20(28)12-19(16)27)25-21-9-10-23-26-21/h1-12H,(H2,23,25,26). The average molecular weight is 388 g/mol. The van der Waals surface area contributed by atoms with Crippen LogP contribution in [0, 0.1) is 0 Å². The molecule has 0 bridgehead atoms. The second-order valence-corrected chi connectivity index (χ2v) is 6.78. The van der Waals surface area contributed by atoms with E-state index < -0.39 is 0 Å². The number of rotatable bonds is 3. The smallest absolute Gasteiger partial charge is 0.204 e. The molecule has 0 amide bonds. The molecule has 0 saturated heterocycles. The Morgan fingerprint density at radius 1 is 1.00 bits per heavy atom. The van der Waals surface area contributed by atoms with Crippen molar-refractivity contribution in [3.8, 4) is 17.1 Å². The Hall–Kier alpha value is -3.64. The summed E-state index contributed by atoms with van der Waals surface area (Å²) in [5.41, 5.74) is 4.37. The van der Waals surface area contributed by atoms with Gasteiger partial charge in [0.15, 0.2) is 0 Å². The van der Waals surface area contributed by atoms with Crippen LogP contribution in [0.5, 0.6) is 0 Å². The molecule has 2 aliphatic rings. The Kier molecular flexibility index (Phi) is 3.84. The van der Waals surface area contributed by atoms with E-state index in [1.807, 2.05) is 53.1 Å². The lowest BCUT2D eigenvalue weighted by Crippen LogP contribution is -2.13. The van der Waals surface area contributed by atoms with Gasteiger partial charge in [-0.25, -0.2) is 4.98 Å². The summed E-state index contributed by atoms with van der Waals surface area (Å²) in [6.45, 7) is 0. The Balaban J connectivity index is 1.80. The van der Waals surface area contributed by atoms with Gasteiger partial charge in [0.05, 0.1) is 34.3 Å².